The van der Waals surface area contributed by atoms with Crippen LogP contribution in [0.3, 0.4) is 0 Å². The second-order valence-electron chi connectivity index (χ2n) is 10.1. The van der Waals surface area contributed by atoms with E-state index < -0.39 is 0 Å². The minimum Gasteiger partial charge on any atom is -0.455 e. The molecule has 1 saturated heterocycles. The van der Waals surface area contributed by atoms with Gasteiger partial charge in [0.05, 0.1) is 11.4 Å². The molecule has 0 saturated carbocycles. The number of carbonyl (C=O) groups is 1. The van der Waals surface area contributed by atoms with Gasteiger partial charge in [0.2, 0.25) is 0 Å². The summed E-state index contributed by atoms with van der Waals surface area (Å²) in [5.41, 5.74) is 5.81. The molecule has 37 heavy (non-hydrogen) atoms. The number of nitrogens with zero attached hydrogens (tertiary/aromatic N) is 2. The maximum absolute atomic E-state index is 13.2. The molecule has 6 nitrogen and oxygen atoms in total. The molecule has 1 unspecified atom stereocenters. The van der Waals surface area contributed by atoms with Crippen LogP contribution >= 0.6 is 0 Å². The average molecular weight is 496 g/mol. The van der Waals surface area contributed by atoms with Crippen LogP contribution < -0.4 is 10.7 Å². The van der Waals surface area contributed by atoms with Crippen molar-refractivity contribution in [3.8, 4) is 11.3 Å². The SMILES string of the molecule is Cc1cc(C(C)Nc2ccccc2C=O)c2oc(-c3ccc(CN4CCN(C)CC4)cc3)cc(=O)c2c1. The first-order valence-electron chi connectivity index (χ1n) is 12.8. The van der Waals surface area contributed by atoms with Crippen molar-refractivity contribution in [3.63, 3.8) is 0 Å². The van der Waals surface area contributed by atoms with E-state index in [0.29, 0.717) is 22.3 Å². The zero-order chi connectivity index (χ0) is 25.9. The summed E-state index contributed by atoms with van der Waals surface area (Å²) in [6.07, 6.45) is 0.842. The van der Waals surface area contributed by atoms with Gasteiger partial charge in [-0.1, -0.05) is 42.5 Å². The summed E-state index contributed by atoms with van der Waals surface area (Å²) in [4.78, 5) is 29.5. The highest BCUT2D eigenvalue weighted by Crippen LogP contribution is 2.31. The molecule has 1 fully saturated rings. The third kappa shape index (κ3) is 5.50. The van der Waals surface area contributed by atoms with E-state index in [1.54, 1.807) is 12.1 Å². The van der Waals surface area contributed by atoms with Crippen molar-refractivity contribution in [3.05, 3.63) is 99.2 Å². The third-order valence-corrected chi connectivity index (χ3v) is 7.17. The van der Waals surface area contributed by atoms with Crippen LogP contribution in [0.15, 0.2) is 75.9 Å². The lowest BCUT2D eigenvalue weighted by molar-refractivity contribution is 0.112. The van der Waals surface area contributed by atoms with Crippen LogP contribution in [0.2, 0.25) is 0 Å². The van der Waals surface area contributed by atoms with Crippen molar-refractivity contribution in [2.75, 3.05) is 38.5 Å². The fraction of sp³-hybridized carbons (Fsp3) is 0.290. The molecule has 0 aliphatic carbocycles. The topological polar surface area (TPSA) is 65.8 Å². The van der Waals surface area contributed by atoms with Crippen molar-refractivity contribution < 1.29 is 9.21 Å². The highest BCUT2D eigenvalue weighted by Gasteiger charge is 2.18. The fourth-order valence-electron chi connectivity index (χ4n) is 4.98. The van der Waals surface area contributed by atoms with Crippen molar-refractivity contribution in [1.29, 1.82) is 0 Å². The smallest absolute Gasteiger partial charge is 0.193 e. The van der Waals surface area contributed by atoms with E-state index in [2.05, 4.69) is 34.3 Å². The quantitative estimate of drug-likeness (QED) is 0.342. The van der Waals surface area contributed by atoms with Gasteiger partial charge in [0, 0.05) is 61.2 Å². The van der Waals surface area contributed by atoms with Gasteiger partial charge >= 0.3 is 0 Å². The van der Waals surface area contributed by atoms with Crippen LogP contribution in [0.1, 0.15) is 40.0 Å². The van der Waals surface area contributed by atoms with Gasteiger partial charge in [-0.05, 0) is 50.2 Å². The van der Waals surface area contributed by atoms with E-state index in [0.717, 1.165) is 61.4 Å². The number of fused-ring (bicyclic) bond motifs is 1. The van der Waals surface area contributed by atoms with Gasteiger partial charge < -0.3 is 14.6 Å². The fourth-order valence-corrected chi connectivity index (χ4v) is 4.98. The Hall–Kier alpha value is -3.74. The molecule has 1 N–H and O–H groups in total. The Bertz CT molecular complexity index is 1470. The highest BCUT2D eigenvalue weighted by molar-refractivity contribution is 5.86. The van der Waals surface area contributed by atoms with Crippen LogP contribution in [0.25, 0.3) is 22.3 Å². The first-order valence-corrected chi connectivity index (χ1v) is 12.8. The molecule has 6 heteroatoms. The molecule has 2 heterocycles. The first kappa shape index (κ1) is 24.9. The molecule has 0 radical (unpaired) electrons. The van der Waals surface area contributed by atoms with Gasteiger partial charge in [-0.3, -0.25) is 14.5 Å². The molecule has 0 amide bonds. The zero-order valence-electron chi connectivity index (χ0n) is 21.7. The summed E-state index contributed by atoms with van der Waals surface area (Å²) >= 11 is 0. The van der Waals surface area contributed by atoms with Crippen LogP contribution in [0.4, 0.5) is 5.69 Å². The third-order valence-electron chi connectivity index (χ3n) is 7.17. The molecule has 190 valence electrons. The van der Waals surface area contributed by atoms with Crippen molar-refractivity contribution in [2.24, 2.45) is 0 Å². The second-order valence-corrected chi connectivity index (χ2v) is 10.1. The number of carbonyl (C=O) groups excluding carboxylic acids is 1. The number of anilines is 1. The number of piperazine rings is 1. The summed E-state index contributed by atoms with van der Waals surface area (Å²) in [6, 6.07) is 21.0. The van der Waals surface area contributed by atoms with Crippen molar-refractivity contribution in [1.82, 2.24) is 9.80 Å². The van der Waals surface area contributed by atoms with Crippen LogP contribution in [0.5, 0.6) is 0 Å². The van der Waals surface area contributed by atoms with Gasteiger partial charge in [-0.25, -0.2) is 0 Å². The van der Waals surface area contributed by atoms with Crippen molar-refractivity contribution in [2.45, 2.75) is 26.4 Å². The number of hydrogen-bond acceptors (Lipinski definition) is 6. The summed E-state index contributed by atoms with van der Waals surface area (Å²) < 4.78 is 6.41. The van der Waals surface area contributed by atoms with Gasteiger partial charge in [-0.15, -0.1) is 0 Å². The number of aryl methyl sites for hydroxylation is 1. The second kappa shape index (κ2) is 10.7. The van der Waals surface area contributed by atoms with E-state index in [9.17, 15) is 9.59 Å². The van der Waals surface area contributed by atoms with Crippen LogP contribution in [-0.4, -0.2) is 49.3 Å². The number of para-hydroxylation sites is 1. The number of likely N-dealkylation sites (N-methyl/N-ethyl adjacent to an activating group) is 1. The largest absolute Gasteiger partial charge is 0.455 e. The number of nitrogens with one attached hydrogen (secondary N) is 1. The molecule has 3 aromatic carbocycles. The van der Waals surface area contributed by atoms with Gasteiger partial charge in [-0.2, -0.15) is 0 Å². The Morgan fingerprint density at radius 2 is 1.73 bits per heavy atom. The molecule has 0 bridgehead atoms. The molecule has 1 aliphatic heterocycles. The summed E-state index contributed by atoms with van der Waals surface area (Å²) in [7, 11) is 2.16. The van der Waals surface area contributed by atoms with E-state index in [1.165, 1.54) is 5.56 Å². The molecule has 4 aromatic rings. The number of rotatable bonds is 7. The summed E-state index contributed by atoms with van der Waals surface area (Å²) in [5, 5.41) is 3.98. The highest BCUT2D eigenvalue weighted by atomic mass is 16.3. The average Bonchev–Trinajstić information content (AvgIpc) is 2.90. The summed E-state index contributed by atoms with van der Waals surface area (Å²) in [6.45, 7) is 9.24. The van der Waals surface area contributed by atoms with Gasteiger partial charge in [0.25, 0.3) is 0 Å². The predicted octanol–water partition coefficient (Wildman–Crippen LogP) is 5.50. The first-order chi connectivity index (χ1) is 17.9. The normalized spacial score (nSPS) is 15.5. The molecular formula is C31H33N3O3. The number of hydrogen-bond donors (Lipinski definition) is 1. The molecule has 1 atom stereocenters. The monoisotopic (exact) mass is 495 g/mol. The Kier molecular flexibility index (Phi) is 7.22. The summed E-state index contributed by atoms with van der Waals surface area (Å²) in [5.74, 6) is 0.550. The number of benzene rings is 3. The Morgan fingerprint density at radius 3 is 2.46 bits per heavy atom. The van der Waals surface area contributed by atoms with E-state index in [-0.39, 0.29) is 11.5 Å². The standard InChI is InChI=1S/C31H33N3O3/c1-21-16-26(22(2)32-28-7-5-4-6-25(28)20-35)31-27(17-21)29(36)18-30(37-31)24-10-8-23(9-11-24)19-34-14-12-33(3)13-15-34/h4-11,16-18,20,22,32H,12-15,19H2,1-3H3. The minimum atomic E-state index is -0.187. The maximum atomic E-state index is 13.2. The number of aldehydes is 1. The van der Waals surface area contributed by atoms with Crippen LogP contribution in [-0.2, 0) is 6.54 Å². The maximum Gasteiger partial charge on any atom is 0.193 e. The Morgan fingerprint density at radius 1 is 1.00 bits per heavy atom. The molecule has 5 rings (SSSR count). The van der Waals surface area contributed by atoms with Gasteiger partial charge in [0.1, 0.15) is 11.3 Å². The minimum absolute atomic E-state index is 0.0665. The lowest BCUT2D eigenvalue weighted by Gasteiger charge is -2.32. The van der Waals surface area contributed by atoms with E-state index >= 15 is 0 Å². The molecule has 0 spiro atoms. The van der Waals surface area contributed by atoms with Crippen molar-refractivity contribution >= 4 is 22.9 Å². The van der Waals surface area contributed by atoms with Gasteiger partial charge in [0.15, 0.2) is 11.7 Å². The lowest BCUT2D eigenvalue weighted by Crippen LogP contribution is -2.43. The Labute approximate surface area is 217 Å². The zero-order valence-corrected chi connectivity index (χ0v) is 21.7. The van der Waals surface area contributed by atoms with E-state index in [4.69, 9.17) is 4.42 Å². The van der Waals surface area contributed by atoms with Crippen LogP contribution in [0, 0.1) is 6.92 Å². The molecule has 1 aliphatic rings. The van der Waals surface area contributed by atoms with E-state index in [1.807, 2.05) is 56.3 Å². The lowest BCUT2D eigenvalue weighted by atomic mass is 10.00. The molecular weight excluding hydrogens is 462 g/mol. The predicted molar refractivity (Wildman–Crippen MR) is 149 cm³/mol. The Balaban J connectivity index is 1.45. The molecule has 1 aromatic heterocycles.